The van der Waals surface area contributed by atoms with Crippen molar-refractivity contribution in [2.24, 2.45) is 0 Å². The van der Waals surface area contributed by atoms with Crippen LogP contribution < -0.4 is 20.9 Å². The summed E-state index contributed by atoms with van der Waals surface area (Å²) in [6, 6.07) is 10.8. The number of pyridine rings is 1. The van der Waals surface area contributed by atoms with E-state index in [9.17, 15) is 28.0 Å². The van der Waals surface area contributed by atoms with Gasteiger partial charge >= 0.3 is 5.97 Å². The second kappa shape index (κ2) is 13.1. The summed E-state index contributed by atoms with van der Waals surface area (Å²) >= 11 is 0. The molecule has 0 fully saturated rings. The molecule has 220 valence electrons. The Kier molecular flexibility index (Phi) is 9.35. The van der Waals surface area contributed by atoms with Gasteiger partial charge in [-0.1, -0.05) is 48.6 Å². The molecule has 12 heteroatoms. The lowest BCUT2D eigenvalue weighted by Crippen LogP contribution is -2.40. The number of halogens is 2. The number of benzene rings is 2. The highest BCUT2D eigenvalue weighted by Crippen LogP contribution is 2.21. The quantitative estimate of drug-likeness (QED) is 0.311. The molecule has 2 N–H and O–H groups in total. The van der Waals surface area contributed by atoms with Crippen LogP contribution in [0, 0.1) is 11.6 Å². The van der Waals surface area contributed by atoms with Crippen molar-refractivity contribution in [1.82, 2.24) is 14.9 Å². The van der Waals surface area contributed by atoms with Gasteiger partial charge in [0.25, 0.3) is 11.8 Å². The summed E-state index contributed by atoms with van der Waals surface area (Å²) in [5, 5.41) is 2.47. The topological polar surface area (TPSA) is 119 Å². The number of hydrogen-bond donors (Lipinski definition) is 2. The number of amides is 2. The number of esters is 1. The van der Waals surface area contributed by atoms with Crippen LogP contribution in [0.4, 0.5) is 8.78 Å². The average Bonchev–Trinajstić information content (AvgIpc) is 3.00. The summed E-state index contributed by atoms with van der Waals surface area (Å²) < 4.78 is 39.8. The van der Waals surface area contributed by atoms with E-state index in [1.807, 2.05) is 6.07 Å². The second-order valence-corrected chi connectivity index (χ2v) is 9.69. The molecule has 2 heterocycles. The number of nitrogens with zero attached hydrogens (tertiary/aromatic N) is 2. The third-order valence-corrected chi connectivity index (χ3v) is 6.62. The summed E-state index contributed by atoms with van der Waals surface area (Å²) in [7, 11) is 1.55. The Labute approximate surface area is 240 Å². The van der Waals surface area contributed by atoms with Crippen molar-refractivity contribution in [2.75, 3.05) is 19.1 Å². The van der Waals surface area contributed by atoms with Gasteiger partial charge in [0, 0.05) is 44.4 Å². The van der Waals surface area contributed by atoms with Gasteiger partial charge < -0.3 is 25.1 Å². The van der Waals surface area contributed by atoms with Gasteiger partial charge in [-0.2, -0.15) is 0 Å². The van der Waals surface area contributed by atoms with Crippen molar-refractivity contribution in [3.05, 3.63) is 111 Å². The Morgan fingerprint density at radius 2 is 1.81 bits per heavy atom. The van der Waals surface area contributed by atoms with Gasteiger partial charge in [-0.25, -0.2) is 8.78 Å². The summed E-state index contributed by atoms with van der Waals surface area (Å²) in [5.74, 6) is -4.00. The van der Waals surface area contributed by atoms with Crippen molar-refractivity contribution >= 4 is 17.8 Å². The summed E-state index contributed by atoms with van der Waals surface area (Å²) in [4.78, 5) is 53.6. The Balaban J connectivity index is 1.79. The van der Waals surface area contributed by atoms with Gasteiger partial charge in [0.15, 0.2) is 11.4 Å². The van der Waals surface area contributed by atoms with Crippen LogP contribution in [0.1, 0.15) is 45.8 Å². The molecule has 0 saturated heterocycles. The molecule has 0 radical (unpaired) electrons. The van der Waals surface area contributed by atoms with E-state index < -0.39 is 52.5 Å². The standard InChI is InChI=1S/C30H30F2N4O6/c1-18-9-12-23(17-41-19(2)37)34-36-15-24(29(39)33-14-21-10-11-22(31)13-25(21)32)27(38)28(26(36)30(40)35(18)3)42-16-20-7-5-4-6-8-20/h4-13,15,18,23,34H,14,16-17H2,1-3H3,(H,33,39)/b12-9-/t18-,23-/m0/s1. The molecule has 0 saturated carbocycles. The number of carbonyl (C=O) groups is 3. The maximum atomic E-state index is 14.2. The maximum Gasteiger partial charge on any atom is 0.302 e. The largest absolute Gasteiger partial charge is 0.482 e. The highest BCUT2D eigenvalue weighted by molar-refractivity contribution is 5.99. The molecular weight excluding hydrogens is 550 g/mol. The Morgan fingerprint density at radius 3 is 2.50 bits per heavy atom. The van der Waals surface area contributed by atoms with Crippen LogP contribution in [0.25, 0.3) is 0 Å². The normalized spacial score (nSPS) is 17.2. The van der Waals surface area contributed by atoms with E-state index >= 15 is 0 Å². The Hall–Kier alpha value is -5.00. The van der Waals surface area contributed by atoms with Crippen LogP contribution in [0.15, 0.2) is 71.7 Å². The molecule has 42 heavy (non-hydrogen) atoms. The minimum absolute atomic E-state index is 0.00337. The molecule has 2 amide bonds. The van der Waals surface area contributed by atoms with Gasteiger partial charge in [-0.15, -0.1) is 0 Å². The fourth-order valence-electron chi connectivity index (χ4n) is 4.15. The lowest BCUT2D eigenvalue weighted by molar-refractivity contribution is -0.141. The number of fused-ring (bicyclic) bond motifs is 1. The first-order chi connectivity index (χ1) is 20.0. The summed E-state index contributed by atoms with van der Waals surface area (Å²) in [6.07, 6.45) is 4.57. The number of carbonyl (C=O) groups excluding carboxylic acids is 3. The molecule has 4 rings (SSSR count). The molecule has 0 spiro atoms. The fourth-order valence-corrected chi connectivity index (χ4v) is 4.15. The van der Waals surface area contributed by atoms with Crippen molar-refractivity contribution in [1.29, 1.82) is 0 Å². The van der Waals surface area contributed by atoms with Gasteiger partial charge in [-0.3, -0.25) is 23.9 Å². The molecule has 1 aliphatic rings. The van der Waals surface area contributed by atoms with Crippen molar-refractivity contribution < 1.29 is 32.6 Å². The van der Waals surface area contributed by atoms with Crippen LogP contribution in [-0.2, 0) is 22.7 Å². The molecule has 0 bridgehead atoms. The molecule has 3 aromatic rings. The van der Waals surface area contributed by atoms with Crippen LogP contribution >= 0.6 is 0 Å². The van der Waals surface area contributed by atoms with Crippen molar-refractivity contribution in [3.8, 4) is 5.75 Å². The number of hydrogen-bond acceptors (Lipinski definition) is 7. The van der Waals surface area contributed by atoms with E-state index in [0.717, 1.165) is 12.3 Å². The van der Waals surface area contributed by atoms with Gasteiger partial charge in [0.05, 0.1) is 6.04 Å². The first kappa shape index (κ1) is 30.0. The smallest absolute Gasteiger partial charge is 0.302 e. The molecule has 0 aliphatic carbocycles. The molecule has 2 atom stereocenters. The zero-order chi connectivity index (χ0) is 30.4. The predicted molar refractivity (Wildman–Crippen MR) is 149 cm³/mol. The van der Waals surface area contributed by atoms with Gasteiger partial charge in [0.2, 0.25) is 5.43 Å². The van der Waals surface area contributed by atoms with E-state index in [0.29, 0.717) is 11.6 Å². The summed E-state index contributed by atoms with van der Waals surface area (Å²) in [5.41, 5.74) is 2.28. The predicted octanol–water partition coefficient (Wildman–Crippen LogP) is 3.14. The maximum absolute atomic E-state index is 14.2. The Morgan fingerprint density at radius 1 is 1.07 bits per heavy atom. The zero-order valence-corrected chi connectivity index (χ0v) is 23.2. The number of aromatic nitrogens is 1. The molecule has 0 unspecified atom stereocenters. The number of likely N-dealkylation sites (N-methyl/N-ethyl adjacent to an activating group) is 1. The van der Waals surface area contributed by atoms with E-state index in [4.69, 9.17) is 9.47 Å². The monoisotopic (exact) mass is 580 g/mol. The molecule has 2 aromatic carbocycles. The molecule has 1 aromatic heterocycles. The lowest BCUT2D eigenvalue weighted by atomic mass is 10.1. The van der Waals surface area contributed by atoms with Crippen molar-refractivity contribution in [2.45, 2.75) is 39.1 Å². The minimum atomic E-state index is -0.883. The van der Waals surface area contributed by atoms with Crippen LogP contribution in [0.3, 0.4) is 0 Å². The van der Waals surface area contributed by atoms with E-state index in [2.05, 4.69) is 10.7 Å². The first-order valence-corrected chi connectivity index (χ1v) is 13.1. The van der Waals surface area contributed by atoms with E-state index in [1.165, 1.54) is 22.6 Å². The molecule has 1 aliphatic heterocycles. The number of nitrogens with one attached hydrogen (secondary N) is 2. The van der Waals surface area contributed by atoms with Crippen molar-refractivity contribution in [3.63, 3.8) is 0 Å². The van der Waals surface area contributed by atoms with E-state index in [1.54, 1.807) is 50.4 Å². The summed E-state index contributed by atoms with van der Waals surface area (Å²) in [6.45, 7) is 2.48. The second-order valence-electron chi connectivity index (χ2n) is 9.69. The van der Waals surface area contributed by atoms with Crippen LogP contribution in [0.5, 0.6) is 5.75 Å². The molecule has 10 nitrogen and oxygen atoms in total. The minimum Gasteiger partial charge on any atom is -0.482 e. The van der Waals surface area contributed by atoms with E-state index in [-0.39, 0.29) is 36.8 Å². The van der Waals surface area contributed by atoms with Gasteiger partial charge in [0.1, 0.15) is 30.4 Å². The lowest BCUT2D eigenvalue weighted by Gasteiger charge is -2.25. The number of rotatable bonds is 8. The SMILES string of the molecule is CC(=O)OC[C@@H]1/C=C\[C@H](C)N(C)C(=O)c2c(OCc3ccccc3)c(=O)c(C(=O)NCc3ccc(F)cc3F)cn2N1. The molecular formula is C30H30F2N4O6. The average molecular weight is 581 g/mol. The third-order valence-electron chi connectivity index (χ3n) is 6.62. The first-order valence-electron chi connectivity index (χ1n) is 13.1. The third kappa shape index (κ3) is 7.00. The van der Waals surface area contributed by atoms with Crippen LogP contribution in [-0.4, -0.2) is 53.1 Å². The Bertz CT molecular complexity index is 1570. The van der Waals surface area contributed by atoms with Gasteiger partial charge in [-0.05, 0) is 18.6 Å². The zero-order valence-electron chi connectivity index (χ0n) is 23.2. The number of ether oxygens (including phenoxy) is 2. The highest BCUT2D eigenvalue weighted by Gasteiger charge is 2.31. The highest BCUT2D eigenvalue weighted by atomic mass is 19.1. The fraction of sp³-hybridized carbons (Fsp3) is 0.267. The van der Waals surface area contributed by atoms with Crippen LogP contribution in [0.2, 0.25) is 0 Å².